The summed E-state index contributed by atoms with van der Waals surface area (Å²) in [6, 6.07) is 12.7. The van der Waals surface area contributed by atoms with E-state index >= 15 is 0 Å². The topological polar surface area (TPSA) is 28.4 Å². The molecule has 0 saturated heterocycles. The Balaban J connectivity index is 1.91. The molecule has 0 radical (unpaired) electrons. The zero-order valence-corrected chi connectivity index (χ0v) is 12.6. The number of furan rings is 1. The Kier molecular flexibility index (Phi) is 5.24. The molecule has 1 aromatic heterocycles. The molecule has 0 amide bonds. The highest BCUT2D eigenvalue weighted by Crippen LogP contribution is 2.17. The van der Waals surface area contributed by atoms with Crippen LogP contribution in [0.4, 0.5) is 5.69 Å². The van der Waals surface area contributed by atoms with Gasteiger partial charge < -0.3 is 14.6 Å². The molecule has 108 valence electrons. The van der Waals surface area contributed by atoms with Crippen molar-refractivity contribution in [3.63, 3.8) is 0 Å². The first kappa shape index (κ1) is 14.7. The van der Waals surface area contributed by atoms with Gasteiger partial charge in [0.25, 0.3) is 0 Å². The maximum atomic E-state index is 5.84. The van der Waals surface area contributed by atoms with Gasteiger partial charge in [-0.2, -0.15) is 0 Å². The Morgan fingerprint density at radius 1 is 1.05 bits per heavy atom. The van der Waals surface area contributed by atoms with Crippen molar-refractivity contribution in [2.75, 3.05) is 18.5 Å². The van der Waals surface area contributed by atoms with E-state index in [1.54, 1.807) is 0 Å². The summed E-state index contributed by atoms with van der Waals surface area (Å²) in [5.74, 6) is 2.01. The normalized spacial score (nSPS) is 10.8. The second-order valence-electron chi connectivity index (χ2n) is 5.24. The van der Waals surface area contributed by atoms with Gasteiger partial charge in [-0.15, -0.1) is 0 Å². The minimum Gasteiger partial charge on any atom is -0.463 e. The van der Waals surface area contributed by atoms with Gasteiger partial charge >= 0.3 is 0 Å². The summed E-state index contributed by atoms with van der Waals surface area (Å²) < 4.78 is 5.84. The highest BCUT2D eigenvalue weighted by molar-refractivity contribution is 5.46. The molecule has 2 rings (SSSR count). The average Bonchev–Trinajstić information content (AvgIpc) is 2.87. The molecular weight excluding hydrogens is 248 g/mol. The third-order valence-electron chi connectivity index (χ3n) is 3.31. The van der Waals surface area contributed by atoms with Crippen LogP contribution < -0.4 is 10.2 Å². The molecule has 20 heavy (non-hydrogen) atoms. The van der Waals surface area contributed by atoms with Gasteiger partial charge in [-0.1, -0.05) is 24.6 Å². The number of hydrogen-bond acceptors (Lipinski definition) is 3. The van der Waals surface area contributed by atoms with Gasteiger partial charge in [-0.25, -0.2) is 0 Å². The maximum Gasteiger partial charge on any atom is 0.123 e. The Morgan fingerprint density at radius 3 is 2.45 bits per heavy atom. The number of benzene rings is 1. The van der Waals surface area contributed by atoms with E-state index in [4.69, 9.17) is 4.42 Å². The highest BCUT2D eigenvalue weighted by Gasteiger charge is 2.06. The summed E-state index contributed by atoms with van der Waals surface area (Å²) in [4.78, 5) is 2.20. The Morgan fingerprint density at radius 2 is 1.75 bits per heavy atom. The number of aryl methyl sites for hydroxylation is 1. The van der Waals surface area contributed by atoms with Crippen molar-refractivity contribution in [3.8, 4) is 0 Å². The number of nitrogens with zero attached hydrogens (tertiary/aromatic N) is 1. The summed E-state index contributed by atoms with van der Waals surface area (Å²) in [5.41, 5.74) is 2.49. The molecule has 0 spiro atoms. The molecule has 2 aromatic rings. The van der Waals surface area contributed by atoms with E-state index in [9.17, 15) is 0 Å². The maximum absolute atomic E-state index is 5.84. The van der Waals surface area contributed by atoms with Crippen LogP contribution in [0.15, 0.2) is 40.8 Å². The number of hydrogen-bond donors (Lipinski definition) is 1. The van der Waals surface area contributed by atoms with Crippen molar-refractivity contribution in [1.29, 1.82) is 0 Å². The number of rotatable bonds is 7. The Bertz CT molecular complexity index is 516. The fourth-order valence-electron chi connectivity index (χ4n) is 2.11. The van der Waals surface area contributed by atoms with E-state index in [0.717, 1.165) is 37.6 Å². The van der Waals surface area contributed by atoms with Crippen LogP contribution in [0, 0.1) is 6.92 Å². The van der Waals surface area contributed by atoms with E-state index in [1.165, 1.54) is 11.3 Å². The summed E-state index contributed by atoms with van der Waals surface area (Å²) in [7, 11) is 2.09. The quantitative estimate of drug-likeness (QED) is 0.779. The van der Waals surface area contributed by atoms with Crippen LogP contribution in [-0.2, 0) is 13.1 Å². The van der Waals surface area contributed by atoms with E-state index < -0.39 is 0 Å². The monoisotopic (exact) mass is 272 g/mol. The van der Waals surface area contributed by atoms with Crippen LogP contribution in [0.3, 0.4) is 0 Å². The van der Waals surface area contributed by atoms with Crippen LogP contribution in [0.25, 0.3) is 0 Å². The van der Waals surface area contributed by atoms with Crippen molar-refractivity contribution in [1.82, 2.24) is 5.32 Å². The van der Waals surface area contributed by atoms with E-state index in [-0.39, 0.29) is 0 Å². The molecule has 3 nitrogen and oxygen atoms in total. The molecule has 0 aliphatic rings. The van der Waals surface area contributed by atoms with Crippen molar-refractivity contribution < 1.29 is 4.42 Å². The van der Waals surface area contributed by atoms with E-state index in [2.05, 4.69) is 67.5 Å². The first-order valence-electron chi connectivity index (χ1n) is 7.25. The second kappa shape index (κ2) is 7.15. The molecular formula is C17H24N2O. The average molecular weight is 272 g/mol. The standard InChI is InChI=1S/C17H24N2O/c1-4-11-18-12-16-9-10-17(20-16)13-19(3)15-7-5-14(2)6-8-15/h5-10,18H,4,11-13H2,1-3H3. The van der Waals surface area contributed by atoms with Gasteiger partial charge in [0, 0.05) is 12.7 Å². The van der Waals surface area contributed by atoms with Crippen LogP contribution in [0.5, 0.6) is 0 Å². The molecule has 0 unspecified atom stereocenters. The molecule has 1 heterocycles. The molecule has 3 heteroatoms. The zero-order chi connectivity index (χ0) is 14.4. The smallest absolute Gasteiger partial charge is 0.123 e. The summed E-state index contributed by atoms with van der Waals surface area (Å²) in [5, 5.41) is 3.35. The minimum atomic E-state index is 0.789. The van der Waals surface area contributed by atoms with Crippen LogP contribution >= 0.6 is 0 Å². The van der Waals surface area contributed by atoms with Gasteiger partial charge in [0.05, 0.1) is 13.1 Å². The fraction of sp³-hybridized carbons (Fsp3) is 0.412. The minimum absolute atomic E-state index is 0.789. The molecule has 0 fully saturated rings. The third-order valence-corrected chi connectivity index (χ3v) is 3.31. The Labute approximate surface area is 121 Å². The van der Waals surface area contributed by atoms with Gasteiger partial charge in [0.2, 0.25) is 0 Å². The SMILES string of the molecule is CCCNCc1ccc(CN(C)c2ccc(C)cc2)o1. The second-order valence-corrected chi connectivity index (χ2v) is 5.24. The highest BCUT2D eigenvalue weighted by atomic mass is 16.3. The Hall–Kier alpha value is -1.74. The van der Waals surface area contributed by atoms with E-state index in [1.807, 2.05) is 0 Å². The summed E-state index contributed by atoms with van der Waals surface area (Å²) in [6.45, 7) is 6.89. The number of nitrogens with one attached hydrogen (secondary N) is 1. The lowest BCUT2D eigenvalue weighted by Crippen LogP contribution is -2.16. The number of anilines is 1. The van der Waals surface area contributed by atoms with Crippen LogP contribution in [0.2, 0.25) is 0 Å². The molecule has 1 N–H and O–H groups in total. The van der Waals surface area contributed by atoms with Crippen molar-refractivity contribution >= 4 is 5.69 Å². The molecule has 0 atom stereocenters. The summed E-state index contributed by atoms with van der Waals surface area (Å²) >= 11 is 0. The van der Waals surface area contributed by atoms with Crippen molar-refractivity contribution in [2.24, 2.45) is 0 Å². The van der Waals surface area contributed by atoms with Gasteiger partial charge in [0.15, 0.2) is 0 Å². The lowest BCUT2D eigenvalue weighted by atomic mass is 10.2. The summed E-state index contributed by atoms with van der Waals surface area (Å²) in [6.07, 6.45) is 1.14. The molecule has 0 aliphatic heterocycles. The fourth-order valence-corrected chi connectivity index (χ4v) is 2.11. The van der Waals surface area contributed by atoms with Gasteiger partial charge in [-0.05, 0) is 44.2 Å². The van der Waals surface area contributed by atoms with Crippen molar-refractivity contribution in [3.05, 3.63) is 53.5 Å². The lowest BCUT2D eigenvalue weighted by molar-refractivity contribution is 0.446. The molecule has 0 bridgehead atoms. The first-order valence-corrected chi connectivity index (χ1v) is 7.25. The van der Waals surface area contributed by atoms with E-state index in [0.29, 0.717) is 0 Å². The van der Waals surface area contributed by atoms with Gasteiger partial charge in [0.1, 0.15) is 11.5 Å². The van der Waals surface area contributed by atoms with Crippen LogP contribution in [0.1, 0.15) is 30.4 Å². The first-order chi connectivity index (χ1) is 9.69. The third kappa shape index (κ3) is 4.14. The molecule has 1 aromatic carbocycles. The largest absolute Gasteiger partial charge is 0.463 e. The molecule has 0 saturated carbocycles. The van der Waals surface area contributed by atoms with Gasteiger partial charge in [-0.3, -0.25) is 0 Å². The zero-order valence-electron chi connectivity index (χ0n) is 12.6. The predicted octanol–water partition coefficient (Wildman–Crippen LogP) is 3.72. The predicted molar refractivity (Wildman–Crippen MR) is 84.0 cm³/mol. The van der Waals surface area contributed by atoms with Crippen molar-refractivity contribution in [2.45, 2.75) is 33.4 Å². The van der Waals surface area contributed by atoms with Crippen LogP contribution in [-0.4, -0.2) is 13.6 Å². The molecule has 0 aliphatic carbocycles. The lowest BCUT2D eigenvalue weighted by Gasteiger charge is -2.18.